The normalized spacial score (nSPS) is 11.3. The predicted octanol–water partition coefficient (Wildman–Crippen LogP) is 4.49. The van der Waals surface area contributed by atoms with Gasteiger partial charge in [-0.25, -0.2) is 4.79 Å². The fraction of sp³-hybridized carbons (Fsp3) is 0.800. The summed E-state index contributed by atoms with van der Waals surface area (Å²) in [6, 6.07) is 0. The van der Waals surface area contributed by atoms with Crippen LogP contribution in [0.15, 0.2) is 12.2 Å². The van der Waals surface area contributed by atoms with Crippen molar-refractivity contribution in [1.29, 1.82) is 0 Å². The Morgan fingerprint density at radius 2 is 1.59 bits per heavy atom. The smallest absolute Gasteiger partial charge is 0.330 e. The molecule has 0 aliphatic heterocycles. The second-order valence-electron chi connectivity index (χ2n) is 4.63. The summed E-state index contributed by atoms with van der Waals surface area (Å²) in [5.41, 5.74) is 0. The number of ether oxygens (including phenoxy) is 1. The lowest BCUT2D eigenvalue weighted by Crippen LogP contribution is -2.00. The molecule has 0 aliphatic carbocycles. The molecule has 0 aromatic rings. The molecule has 0 rings (SSSR count). The van der Waals surface area contributed by atoms with Crippen LogP contribution in [0.3, 0.4) is 0 Å². The fourth-order valence-corrected chi connectivity index (χ4v) is 1.93. The highest BCUT2D eigenvalue weighted by molar-refractivity contribution is 5.81. The minimum absolute atomic E-state index is 0.235. The van der Waals surface area contributed by atoms with Crippen LogP contribution < -0.4 is 0 Å². The van der Waals surface area contributed by atoms with Gasteiger partial charge < -0.3 is 4.74 Å². The third-order valence-corrected chi connectivity index (χ3v) is 3.06. The average Bonchev–Trinajstić information content (AvgIpc) is 2.35. The summed E-state index contributed by atoms with van der Waals surface area (Å²) in [6.45, 7) is 4.44. The first-order chi connectivity index (χ1) is 8.24. The highest BCUT2D eigenvalue weighted by Gasteiger charge is 2.05. The summed E-state index contributed by atoms with van der Waals surface area (Å²) in [5.74, 6) is 0.313. The van der Waals surface area contributed by atoms with Crippen molar-refractivity contribution in [2.24, 2.45) is 5.92 Å². The van der Waals surface area contributed by atoms with E-state index in [1.54, 1.807) is 6.08 Å². The van der Waals surface area contributed by atoms with Gasteiger partial charge in [0.1, 0.15) is 0 Å². The van der Waals surface area contributed by atoms with Crippen LogP contribution in [0.5, 0.6) is 0 Å². The second-order valence-corrected chi connectivity index (χ2v) is 4.63. The number of rotatable bonds is 10. The molecule has 0 amide bonds. The quantitative estimate of drug-likeness (QED) is 0.319. The molecule has 0 heterocycles. The van der Waals surface area contributed by atoms with E-state index in [-0.39, 0.29) is 5.97 Å². The molecular formula is C15H28O2. The van der Waals surface area contributed by atoms with Crippen LogP contribution in [-0.2, 0) is 9.53 Å². The van der Waals surface area contributed by atoms with Gasteiger partial charge in [0, 0.05) is 6.08 Å². The van der Waals surface area contributed by atoms with Gasteiger partial charge in [-0.15, -0.1) is 0 Å². The molecule has 0 radical (unpaired) electrons. The standard InChI is InChI=1S/C15H28O2/c1-4-6-8-10-14(11-9-7-5-2)12-13-15(16)17-3/h12-14H,4-11H2,1-3H3/b13-12+. The third kappa shape index (κ3) is 10.1. The largest absolute Gasteiger partial charge is 0.466 e. The molecule has 0 aromatic carbocycles. The van der Waals surface area contributed by atoms with Gasteiger partial charge >= 0.3 is 5.97 Å². The SMILES string of the molecule is CCCCCC(/C=C/C(=O)OC)CCCCC. The van der Waals surface area contributed by atoms with Crippen molar-refractivity contribution in [2.45, 2.75) is 65.2 Å². The molecule has 0 aliphatic rings. The van der Waals surface area contributed by atoms with E-state index in [9.17, 15) is 4.79 Å². The second kappa shape index (κ2) is 11.7. The summed E-state index contributed by atoms with van der Waals surface area (Å²) in [5, 5.41) is 0. The maximum atomic E-state index is 11.1. The molecule has 0 unspecified atom stereocenters. The lowest BCUT2D eigenvalue weighted by molar-refractivity contribution is -0.134. The first kappa shape index (κ1) is 16.2. The van der Waals surface area contributed by atoms with Crippen LogP contribution in [-0.4, -0.2) is 13.1 Å². The molecule has 0 bridgehead atoms. The Morgan fingerprint density at radius 3 is 2.00 bits per heavy atom. The Kier molecular flexibility index (Phi) is 11.1. The number of esters is 1. The lowest BCUT2D eigenvalue weighted by atomic mass is 9.94. The summed E-state index contributed by atoms with van der Waals surface area (Å²) < 4.78 is 4.63. The Balaban J connectivity index is 3.99. The van der Waals surface area contributed by atoms with Crippen LogP contribution >= 0.6 is 0 Å². The van der Waals surface area contributed by atoms with Gasteiger partial charge in [-0.1, -0.05) is 58.4 Å². The molecule has 0 fully saturated rings. The Labute approximate surface area is 106 Å². The number of hydrogen-bond acceptors (Lipinski definition) is 2. The Morgan fingerprint density at radius 1 is 1.06 bits per heavy atom. The maximum absolute atomic E-state index is 11.1. The summed E-state index contributed by atoms with van der Waals surface area (Å²) in [6.07, 6.45) is 13.6. The zero-order chi connectivity index (χ0) is 12.9. The highest BCUT2D eigenvalue weighted by atomic mass is 16.5. The molecule has 2 nitrogen and oxygen atoms in total. The van der Waals surface area contributed by atoms with Crippen molar-refractivity contribution in [1.82, 2.24) is 0 Å². The zero-order valence-electron chi connectivity index (χ0n) is 11.7. The van der Waals surface area contributed by atoms with Gasteiger partial charge in [0.15, 0.2) is 0 Å². The summed E-state index contributed by atoms with van der Waals surface area (Å²) in [4.78, 5) is 11.1. The zero-order valence-corrected chi connectivity index (χ0v) is 11.7. The van der Waals surface area contributed by atoms with E-state index in [0.717, 1.165) is 0 Å². The van der Waals surface area contributed by atoms with E-state index in [4.69, 9.17) is 0 Å². The monoisotopic (exact) mass is 240 g/mol. The number of allylic oxidation sites excluding steroid dienone is 1. The Bertz CT molecular complexity index is 199. The van der Waals surface area contributed by atoms with Crippen molar-refractivity contribution < 1.29 is 9.53 Å². The van der Waals surface area contributed by atoms with Crippen LogP contribution in [0.1, 0.15) is 65.2 Å². The molecule has 0 spiro atoms. The van der Waals surface area contributed by atoms with E-state index >= 15 is 0 Å². The van der Waals surface area contributed by atoms with Crippen molar-refractivity contribution in [3.8, 4) is 0 Å². The van der Waals surface area contributed by atoms with E-state index in [0.29, 0.717) is 5.92 Å². The number of methoxy groups -OCH3 is 1. The fourth-order valence-electron chi connectivity index (χ4n) is 1.93. The van der Waals surface area contributed by atoms with E-state index in [1.165, 1.54) is 58.5 Å². The lowest BCUT2D eigenvalue weighted by Gasteiger charge is -2.11. The molecular weight excluding hydrogens is 212 g/mol. The topological polar surface area (TPSA) is 26.3 Å². The minimum Gasteiger partial charge on any atom is -0.466 e. The van der Waals surface area contributed by atoms with Crippen LogP contribution in [0.2, 0.25) is 0 Å². The minimum atomic E-state index is -0.235. The van der Waals surface area contributed by atoms with E-state index in [2.05, 4.69) is 18.6 Å². The van der Waals surface area contributed by atoms with Crippen LogP contribution in [0.4, 0.5) is 0 Å². The third-order valence-electron chi connectivity index (χ3n) is 3.06. The molecule has 17 heavy (non-hydrogen) atoms. The van der Waals surface area contributed by atoms with Crippen molar-refractivity contribution in [2.75, 3.05) is 7.11 Å². The molecule has 0 saturated carbocycles. The van der Waals surface area contributed by atoms with Crippen molar-refractivity contribution in [3.63, 3.8) is 0 Å². The van der Waals surface area contributed by atoms with E-state index in [1.807, 2.05) is 6.08 Å². The van der Waals surface area contributed by atoms with Crippen LogP contribution in [0, 0.1) is 5.92 Å². The van der Waals surface area contributed by atoms with Gasteiger partial charge in [-0.3, -0.25) is 0 Å². The predicted molar refractivity (Wildman–Crippen MR) is 72.9 cm³/mol. The number of unbranched alkanes of at least 4 members (excludes halogenated alkanes) is 4. The van der Waals surface area contributed by atoms with Gasteiger partial charge in [0.25, 0.3) is 0 Å². The highest BCUT2D eigenvalue weighted by Crippen LogP contribution is 2.18. The van der Waals surface area contributed by atoms with Gasteiger partial charge in [-0.2, -0.15) is 0 Å². The number of carbonyl (C=O) groups excluding carboxylic acids is 1. The summed E-state index contributed by atoms with van der Waals surface area (Å²) >= 11 is 0. The number of carbonyl (C=O) groups is 1. The van der Waals surface area contributed by atoms with Crippen LogP contribution in [0.25, 0.3) is 0 Å². The first-order valence-corrected chi connectivity index (χ1v) is 7.00. The molecule has 0 aromatic heterocycles. The molecule has 100 valence electrons. The molecule has 2 heteroatoms. The molecule has 0 N–H and O–H groups in total. The number of hydrogen-bond donors (Lipinski definition) is 0. The van der Waals surface area contributed by atoms with Gasteiger partial charge in [-0.05, 0) is 18.8 Å². The van der Waals surface area contributed by atoms with Gasteiger partial charge in [0.05, 0.1) is 7.11 Å². The summed E-state index contributed by atoms with van der Waals surface area (Å²) in [7, 11) is 1.43. The van der Waals surface area contributed by atoms with E-state index < -0.39 is 0 Å². The molecule has 0 atom stereocenters. The molecule has 0 saturated heterocycles. The Hall–Kier alpha value is -0.790. The van der Waals surface area contributed by atoms with Gasteiger partial charge in [0.2, 0.25) is 0 Å². The van der Waals surface area contributed by atoms with Crippen molar-refractivity contribution >= 4 is 5.97 Å². The van der Waals surface area contributed by atoms with Crippen molar-refractivity contribution in [3.05, 3.63) is 12.2 Å². The first-order valence-electron chi connectivity index (χ1n) is 7.00. The average molecular weight is 240 g/mol. The maximum Gasteiger partial charge on any atom is 0.330 e.